The van der Waals surface area contributed by atoms with Gasteiger partial charge in [-0.05, 0) is 37.2 Å². The molecule has 25 heavy (non-hydrogen) atoms. The molecule has 1 fully saturated rings. The van der Waals surface area contributed by atoms with Gasteiger partial charge in [-0.2, -0.15) is 17.5 Å². The first kappa shape index (κ1) is 21.7. The first-order chi connectivity index (χ1) is 11.1. The van der Waals surface area contributed by atoms with Crippen molar-refractivity contribution in [3.63, 3.8) is 0 Å². The van der Waals surface area contributed by atoms with E-state index in [1.165, 1.54) is 35.6 Å². The third-order valence-electron chi connectivity index (χ3n) is 3.79. The standard InChI is InChI=1S/C14H18F3N3O3S.ClH/c1-20(11-6-7-18-8-11)24(22,23)12-4-2-10(3-5-12)13(21)19-9-14(15,16)17;/h2-5,11,18H,6-9H2,1H3,(H,19,21);1H. The van der Waals surface area contributed by atoms with Gasteiger partial charge in [-0.3, -0.25) is 4.79 Å². The molecule has 1 saturated heterocycles. The van der Waals surface area contributed by atoms with E-state index in [1.54, 1.807) is 5.32 Å². The van der Waals surface area contributed by atoms with Gasteiger partial charge in [0, 0.05) is 25.2 Å². The zero-order valence-corrected chi connectivity index (χ0v) is 15.0. The van der Waals surface area contributed by atoms with Crippen LogP contribution in [0.4, 0.5) is 13.2 Å². The number of carbonyl (C=O) groups excluding carboxylic acids is 1. The van der Waals surface area contributed by atoms with Gasteiger partial charge < -0.3 is 10.6 Å². The topological polar surface area (TPSA) is 78.5 Å². The minimum atomic E-state index is -4.50. The molecule has 2 rings (SSSR count). The van der Waals surface area contributed by atoms with E-state index >= 15 is 0 Å². The number of likely N-dealkylation sites (N-methyl/N-ethyl adjacent to an activating group) is 1. The Balaban J connectivity index is 0.00000312. The Morgan fingerprint density at radius 1 is 1.32 bits per heavy atom. The number of alkyl halides is 3. The number of nitrogens with zero attached hydrogens (tertiary/aromatic N) is 1. The second-order valence-electron chi connectivity index (χ2n) is 5.49. The molecule has 1 aromatic rings. The van der Waals surface area contributed by atoms with E-state index in [0.717, 1.165) is 6.54 Å². The molecule has 1 aliphatic rings. The largest absolute Gasteiger partial charge is 0.405 e. The second kappa shape index (κ2) is 8.35. The van der Waals surface area contributed by atoms with Crippen molar-refractivity contribution in [2.24, 2.45) is 0 Å². The number of hydrogen-bond donors (Lipinski definition) is 2. The SMILES string of the molecule is CN(C1CCNC1)S(=O)(=O)c1ccc(C(=O)NCC(F)(F)F)cc1.Cl. The molecule has 0 radical (unpaired) electrons. The van der Waals surface area contributed by atoms with Crippen LogP contribution < -0.4 is 10.6 Å². The molecule has 6 nitrogen and oxygen atoms in total. The average molecular weight is 402 g/mol. The Morgan fingerprint density at radius 3 is 2.40 bits per heavy atom. The van der Waals surface area contributed by atoms with Gasteiger partial charge in [-0.15, -0.1) is 12.4 Å². The molecule has 2 N–H and O–H groups in total. The number of rotatable bonds is 5. The van der Waals surface area contributed by atoms with Gasteiger partial charge in [-0.1, -0.05) is 0 Å². The number of sulfonamides is 1. The van der Waals surface area contributed by atoms with E-state index in [9.17, 15) is 26.4 Å². The van der Waals surface area contributed by atoms with Crippen LogP contribution in [0.1, 0.15) is 16.8 Å². The maximum absolute atomic E-state index is 12.5. The average Bonchev–Trinajstić information content (AvgIpc) is 3.05. The smallest absolute Gasteiger partial charge is 0.343 e. The molecule has 0 aromatic heterocycles. The highest BCUT2D eigenvalue weighted by Gasteiger charge is 2.30. The molecule has 1 atom stereocenters. The lowest BCUT2D eigenvalue weighted by atomic mass is 10.2. The van der Waals surface area contributed by atoms with Crippen LogP contribution in [0.25, 0.3) is 0 Å². The summed E-state index contributed by atoms with van der Waals surface area (Å²) < 4.78 is 62.5. The minimum absolute atomic E-state index is 0. The van der Waals surface area contributed by atoms with Gasteiger partial charge in [-0.25, -0.2) is 8.42 Å². The summed E-state index contributed by atoms with van der Waals surface area (Å²) in [5.41, 5.74) is -0.0385. The van der Waals surface area contributed by atoms with Crippen LogP contribution in [0.3, 0.4) is 0 Å². The molecule has 0 spiro atoms. The number of nitrogens with one attached hydrogen (secondary N) is 2. The van der Waals surface area contributed by atoms with Crippen molar-refractivity contribution in [2.75, 3.05) is 26.7 Å². The van der Waals surface area contributed by atoms with Gasteiger partial charge in [0.1, 0.15) is 6.54 Å². The first-order valence-corrected chi connectivity index (χ1v) is 8.69. The Bertz CT molecular complexity index is 690. The van der Waals surface area contributed by atoms with Gasteiger partial charge in [0.05, 0.1) is 4.90 Å². The fourth-order valence-corrected chi connectivity index (χ4v) is 3.76. The summed E-state index contributed by atoms with van der Waals surface area (Å²) in [6.07, 6.45) is -3.80. The summed E-state index contributed by atoms with van der Waals surface area (Å²) >= 11 is 0. The Hall–Kier alpha value is -1.36. The van der Waals surface area contributed by atoms with E-state index in [0.29, 0.717) is 13.0 Å². The summed E-state index contributed by atoms with van der Waals surface area (Å²) in [5, 5.41) is 4.81. The minimum Gasteiger partial charge on any atom is -0.343 e. The molecule has 0 bridgehead atoms. The van der Waals surface area contributed by atoms with E-state index in [-0.39, 0.29) is 28.9 Å². The van der Waals surface area contributed by atoms with E-state index in [2.05, 4.69) is 5.32 Å². The molecule has 1 unspecified atom stereocenters. The zero-order valence-electron chi connectivity index (χ0n) is 13.3. The molecule has 1 aliphatic heterocycles. The number of benzene rings is 1. The van der Waals surface area contributed by atoms with Crippen molar-refractivity contribution in [3.8, 4) is 0 Å². The molecular formula is C14H19ClF3N3O3S. The molecular weight excluding hydrogens is 383 g/mol. The normalized spacial score (nSPS) is 18.0. The van der Waals surface area contributed by atoms with E-state index in [4.69, 9.17) is 0 Å². The number of hydrogen-bond acceptors (Lipinski definition) is 4. The monoisotopic (exact) mass is 401 g/mol. The van der Waals surface area contributed by atoms with Crippen LogP contribution in [0.2, 0.25) is 0 Å². The quantitative estimate of drug-likeness (QED) is 0.781. The molecule has 11 heteroatoms. The Morgan fingerprint density at radius 2 is 1.92 bits per heavy atom. The molecule has 1 aromatic carbocycles. The molecule has 1 heterocycles. The zero-order chi connectivity index (χ0) is 18.0. The highest BCUT2D eigenvalue weighted by atomic mass is 35.5. The van der Waals surface area contributed by atoms with Crippen LogP contribution in [-0.4, -0.2) is 57.5 Å². The lowest BCUT2D eigenvalue weighted by Crippen LogP contribution is -2.38. The Kier molecular flexibility index (Phi) is 7.24. The van der Waals surface area contributed by atoms with Gasteiger partial charge in [0.25, 0.3) is 5.91 Å². The van der Waals surface area contributed by atoms with Crippen molar-refractivity contribution in [1.82, 2.24) is 14.9 Å². The van der Waals surface area contributed by atoms with Crippen LogP contribution in [0.15, 0.2) is 29.2 Å². The maximum Gasteiger partial charge on any atom is 0.405 e. The van der Waals surface area contributed by atoms with Crippen molar-refractivity contribution in [2.45, 2.75) is 23.5 Å². The van der Waals surface area contributed by atoms with Gasteiger partial charge in [0.2, 0.25) is 10.0 Å². The van der Waals surface area contributed by atoms with Crippen LogP contribution in [-0.2, 0) is 10.0 Å². The number of carbonyl (C=O) groups is 1. The van der Waals surface area contributed by atoms with Crippen molar-refractivity contribution < 1.29 is 26.4 Å². The van der Waals surface area contributed by atoms with Crippen molar-refractivity contribution in [1.29, 1.82) is 0 Å². The summed E-state index contributed by atoms with van der Waals surface area (Å²) in [6, 6.07) is 4.68. The maximum atomic E-state index is 12.5. The van der Waals surface area contributed by atoms with Crippen LogP contribution in [0.5, 0.6) is 0 Å². The highest BCUT2D eigenvalue weighted by Crippen LogP contribution is 2.20. The predicted octanol–water partition coefficient (Wildman–Crippen LogP) is 1.38. The second-order valence-corrected chi connectivity index (χ2v) is 7.49. The summed E-state index contributed by atoms with van der Waals surface area (Å²) in [4.78, 5) is 11.6. The van der Waals surface area contributed by atoms with Gasteiger partial charge >= 0.3 is 6.18 Å². The third kappa shape index (κ3) is 5.56. The van der Waals surface area contributed by atoms with Crippen LogP contribution in [0, 0.1) is 0 Å². The summed E-state index contributed by atoms with van der Waals surface area (Å²) in [7, 11) is -2.24. The highest BCUT2D eigenvalue weighted by molar-refractivity contribution is 7.89. The predicted molar refractivity (Wildman–Crippen MR) is 88.3 cm³/mol. The van der Waals surface area contributed by atoms with Crippen molar-refractivity contribution in [3.05, 3.63) is 29.8 Å². The number of amides is 1. The van der Waals surface area contributed by atoms with Gasteiger partial charge in [0.15, 0.2) is 0 Å². The molecule has 1 amide bonds. The van der Waals surface area contributed by atoms with Crippen molar-refractivity contribution >= 4 is 28.3 Å². The number of halogens is 4. The summed E-state index contributed by atoms with van der Waals surface area (Å²) in [6.45, 7) is -0.139. The lowest BCUT2D eigenvalue weighted by molar-refractivity contribution is -0.123. The fraction of sp³-hybridized carbons (Fsp3) is 0.500. The van der Waals surface area contributed by atoms with E-state index < -0.39 is 28.7 Å². The van der Waals surface area contributed by atoms with Crippen LogP contribution >= 0.6 is 12.4 Å². The Labute approximate surface area is 150 Å². The fourth-order valence-electron chi connectivity index (χ4n) is 2.37. The molecule has 0 aliphatic carbocycles. The first-order valence-electron chi connectivity index (χ1n) is 7.25. The molecule has 0 saturated carbocycles. The third-order valence-corrected chi connectivity index (χ3v) is 5.72. The van der Waals surface area contributed by atoms with E-state index in [1.807, 2.05) is 0 Å². The summed E-state index contributed by atoms with van der Waals surface area (Å²) in [5.74, 6) is -0.912. The lowest BCUT2D eigenvalue weighted by Gasteiger charge is -2.23. The molecule has 142 valence electrons.